The minimum absolute atomic E-state index is 0.173. The van der Waals surface area contributed by atoms with Crippen LogP contribution in [-0.4, -0.2) is 28.4 Å². The van der Waals surface area contributed by atoms with Gasteiger partial charge in [0.05, 0.1) is 0 Å². The molecule has 0 radical (unpaired) electrons. The van der Waals surface area contributed by atoms with Crippen molar-refractivity contribution >= 4 is 39.8 Å². The molecule has 110 valence electrons. The van der Waals surface area contributed by atoms with Crippen LogP contribution in [0.1, 0.15) is 18.4 Å². The Hall–Kier alpha value is -1.60. The van der Waals surface area contributed by atoms with Gasteiger partial charge < -0.3 is 10.6 Å². The van der Waals surface area contributed by atoms with Crippen molar-refractivity contribution in [2.24, 2.45) is 0 Å². The molecule has 0 spiro atoms. The van der Waals surface area contributed by atoms with E-state index in [0.29, 0.717) is 17.3 Å². The average molecular weight is 320 g/mol. The van der Waals surface area contributed by atoms with Crippen LogP contribution in [0.5, 0.6) is 0 Å². The predicted molar refractivity (Wildman–Crippen MR) is 86.8 cm³/mol. The maximum Gasteiger partial charge on any atom is 0.227 e. The number of rotatable bonds is 4. The fraction of sp³-hybridized carbons (Fsp3) is 0.357. The second kappa shape index (κ2) is 6.44. The highest BCUT2D eigenvalue weighted by molar-refractivity contribution is 8.01. The van der Waals surface area contributed by atoms with Gasteiger partial charge in [-0.15, -0.1) is 10.2 Å². The van der Waals surface area contributed by atoms with Gasteiger partial charge in [-0.25, -0.2) is 0 Å². The summed E-state index contributed by atoms with van der Waals surface area (Å²) in [5.74, 6) is 0.874. The highest BCUT2D eigenvalue weighted by Crippen LogP contribution is 2.28. The highest BCUT2D eigenvalue weighted by Gasteiger charge is 2.21. The lowest BCUT2D eigenvalue weighted by molar-refractivity contribution is -0.118. The first-order valence-corrected chi connectivity index (χ1v) is 8.64. The van der Waals surface area contributed by atoms with Crippen molar-refractivity contribution in [2.75, 3.05) is 22.9 Å². The molecule has 1 aromatic carbocycles. The topological polar surface area (TPSA) is 72.1 Å². The second-order valence-electron chi connectivity index (χ2n) is 4.78. The summed E-state index contributed by atoms with van der Waals surface area (Å²) in [6, 6.07) is 8.16. The standard InChI is InChI=1S/C14H16N4OS2/c15-13-16-17-14(21-13)20-9-7-12(19)18-8-3-5-10-4-1-2-6-11(10)18/h1-2,4,6H,3,5,7-9H2,(H2,15,16). The number of para-hydroxylation sites is 1. The van der Waals surface area contributed by atoms with Crippen molar-refractivity contribution in [2.45, 2.75) is 23.6 Å². The smallest absolute Gasteiger partial charge is 0.227 e. The van der Waals surface area contributed by atoms with Crippen LogP contribution < -0.4 is 10.6 Å². The average Bonchev–Trinajstić information content (AvgIpc) is 2.92. The number of fused-ring (bicyclic) bond motifs is 1. The number of benzene rings is 1. The van der Waals surface area contributed by atoms with Gasteiger partial charge in [0.25, 0.3) is 0 Å². The quantitative estimate of drug-likeness (QED) is 0.877. The molecule has 1 amide bonds. The molecule has 0 fully saturated rings. The fourth-order valence-corrected chi connectivity index (χ4v) is 4.07. The van der Waals surface area contributed by atoms with Gasteiger partial charge >= 0.3 is 0 Å². The van der Waals surface area contributed by atoms with Crippen molar-refractivity contribution in [1.29, 1.82) is 0 Å². The molecule has 0 saturated carbocycles. The number of nitrogens with two attached hydrogens (primary N) is 1. The molecule has 2 heterocycles. The molecule has 21 heavy (non-hydrogen) atoms. The predicted octanol–water partition coefficient (Wildman–Crippen LogP) is 2.58. The summed E-state index contributed by atoms with van der Waals surface area (Å²) < 4.78 is 0.819. The van der Waals surface area contributed by atoms with Gasteiger partial charge in [-0.2, -0.15) is 0 Å². The van der Waals surface area contributed by atoms with E-state index in [4.69, 9.17) is 5.73 Å². The Morgan fingerprint density at radius 2 is 2.24 bits per heavy atom. The zero-order chi connectivity index (χ0) is 14.7. The number of nitrogens with zero attached hydrogens (tertiary/aromatic N) is 3. The van der Waals surface area contributed by atoms with E-state index in [0.717, 1.165) is 29.4 Å². The van der Waals surface area contributed by atoms with E-state index in [1.54, 1.807) is 0 Å². The van der Waals surface area contributed by atoms with Crippen LogP contribution in [0.2, 0.25) is 0 Å². The van der Waals surface area contributed by atoms with Crippen molar-refractivity contribution in [3.8, 4) is 0 Å². The number of aromatic nitrogens is 2. The van der Waals surface area contributed by atoms with Crippen molar-refractivity contribution < 1.29 is 4.79 Å². The summed E-state index contributed by atoms with van der Waals surface area (Å²) in [5.41, 5.74) is 7.87. The molecule has 0 aliphatic carbocycles. The second-order valence-corrected chi connectivity index (χ2v) is 7.13. The maximum absolute atomic E-state index is 12.4. The Kier molecular flexibility index (Phi) is 4.40. The largest absolute Gasteiger partial charge is 0.374 e. The number of thioether (sulfide) groups is 1. The molecule has 1 aromatic heterocycles. The molecule has 2 aromatic rings. The highest BCUT2D eigenvalue weighted by atomic mass is 32.2. The minimum Gasteiger partial charge on any atom is -0.374 e. The maximum atomic E-state index is 12.4. The van der Waals surface area contributed by atoms with E-state index in [-0.39, 0.29) is 5.91 Å². The van der Waals surface area contributed by atoms with Crippen molar-refractivity contribution in [1.82, 2.24) is 10.2 Å². The van der Waals surface area contributed by atoms with Gasteiger partial charge in [0.15, 0.2) is 4.34 Å². The van der Waals surface area contributed by atoms with E-state index in [2.05, 4.69) is 16.3 Å². The van der Waals surface area contributed by atoms with E-state index in [1.165, 1.54) is 28.7 Å². The van der Waals surface area contributed by atoms with E-state index in [1.807, 2.05) is 23.1 Å². The Morgan fingerprint density at radius 1 is 1.38 bits per heavy atom. The normalized spacial score (nSPS) is 14.0. The SMILES string of the molecule is Nc1nnc(SCCC(=O)N2CCCc3ccccc32)s1. The molecule has 0 unspecified atom stereocenters. The third kappa shape index (κ3) is 3.36. The monoisotopic (exact) mass is 320 g/mol. The van der Waals surface area contributed by atoms with Crippen LogP contribution in [0.3, 0.4) is 0 Å². The van der Waals surface area contributed by atoms with Gasteiger partial charge in [-0.05, 0) is 24.5 Å². The van der Waals surface area contributed by atoms with E-state index < -0.39 is 0 Å². The number of hydrogen-bond donors (Lipinski definition) is 1. The summed E-state index contributed by atoms with van der Waals surface area (Å²) >= 11 is 2.89. The lowest BCUT2D eigenvalue weighted by Crippen LogP contribution is -2.35. The summed E-state index contributed by atoms with van der Waals surface area (Å²) in [6.45, 7) is 0.812. The molecule has 2 N–H and O–H groups in total. The summed E-state index contributed by atoms with van der Waals surface area (Å²) in [4.78, 5) is 14.3. The number of aryl methyl sites for hydroxylation is 1. The zero-order valence-corrected chi connectivity index (χ0v) is 13.1. The lowest BCUT2D eigenvalue weighted by atomic mass is 10.0. The number of amides is 1. The molecule has 3 rings (SSSR count). The molecule has 0 atom stereocenters. The first kappa shape index (κ1) is 14.3. The first-order valence-electron chi connectivity index (χ1n) is 6.84. The Labute approximate surface area is 131 Å². The molecule has 7 heteroatoms. The molecule has 0 bridgehead atoms. The van der Waals surface area contributed by atoms with Crippen molar-refractivity contribution in [3.63, 3.8) is 0 Å². The van der Waals surface area contributed by atoms with Crippen LogP contribution in [0.15, 0.2) is 28.6 Å². The van der Waals surface area contributed by atoms with Gasteiger partial charge in [-0.3, -0.25) is 4.79 Å². The molecular formula is C14H16N4OS2. The first-order chi connectivity index (χ1) is 10.2. The zero-order valence-electron chi connectivity index (χ0n) is 11.5. The summed E-state index contributed by atoms with van der Waals surface area (Å²) in [7, 11) is 0. The van der Waals surface area contributed by atoms with E-state index >= 15 is 0 Å². The summed E-state index contributed by atoms with van der Waals surface area (Å²) in [6.07, 6.45) is 2.58. The molecular weight excluding hydrogens is 304 g/mol. The number of carbonyl (C=O) groups is 1. The third-order valence-corrected chi connectivity index (χ3v) is 5.26. The van der Waals surface area contributed by atoms with Gasteiger partial charge in [-0.1, -0.05) is 41.3 Å². The van der Waals surface area contributed by atoms with Gasteiger partial charge in [0.2, 0.25) is 11.0 Å². The number of anilines is 2. The Balaban J connectivity index is 1.59. The molecule has 0 saturated heterocycles. The number of hydrogen-bond acceptors (Lipinski definition) is 6. The van der Waals surface area contributed by atoms with Gasteiger partial charge in [0.1, 0.15) is 0 Å². The Morgan fingerprint density at radius 3 is 3.05 bits per heavy atom. The third-order valence-electron chi connectivity index (χ3n) is 3.37. The summed E-state index contributed by atoms with van der Waals surface area (Å²) in [5, 5.41) is 8.17. The van der Waals surface area contributed by atoms with Crippen LogP contribution in [-0.2, 0) is 11.2 Å². The molecule has 1 aliphatic rings. The number of carbonyl (C=O) groups excluding carboxylic acids is 1. The van der Waals surface area contributed by atoms with E-state index in [9.17, 15) is 4.79 Å². The minimum atomic E-state index is 0.173. The van der Waals surface area contributed by atoms with Crippen LogP contribution >= 0.6 is 23.1 Å². The number of nitrogen functional groups attached to an aromatic ring is 1. The van der Waals surface area contributed by atoms with Crippen LogP contribution in [0.4, 0.5) is 10.8 Å². The van der Waals surface area contributed by atoms with Gasteiger partial charge in [0, 0.05) is 24.4 Å². The van der Waals surface area contributed by atoms with Crippen LogP contribution in [0.25, 0.3) is 0 Å². The molecule has 5 nitrogen and oxygen atoms in total. The van der Waals surface area contributed by atoms with Crippen LogP contribution in [0, 0.1) is 0 Å². The molecule has 1 aliphatic heterocycles. The fourth-order valence-electron chi connectivity index (χ4n) is 2.43. The Bertz CT molecular complexity index is 643. The lowest BCUT2D eigenvalue weighted by Gasteiger charge is -2.29. The van der Waals surface area contributed by atoms with Crippen molar-refractivity contribution in [3.05, 3.63) is 29.8 Å².